The van der Waals surface area contributed by atoms with Crippen molar-refractivity contribution in [3.8, 4) is 0 Å². The first kappa shape index (κ1) is 17.1. The normalized spacial score (nSPS) is 6.50. The molecule has 50 valence electrons. The van der Waals surface area contributed by atoms with Crippen molar-refractivity contribution in [1.82, 2.24) is 0 Å². The molecular weight excluding hydrogens is 158 g/mol. The Balaban J connectivity index is -0.0000000408. The van der Waals surface area contributed by atoms with E-state index in [0.717, 1.165) is 0 Å². The van der Waals surface area contributed by atoms with E-state index in [-0.39, 0.29) is 68.4 Å². The Labute approximate surface area is 106 Å². The second-order valence-electron chi connectivity index (χ2n) is 1.09. The third kappa shape index (κ3) is 11.7. The molecule has 0 unspecified atom stereocenters. The van der Waals surface area contributed by atoms with Crippen LogP contribution in [0.25, 0.3) is 0 Å². The van der Waals surface area contributed by atoms with E-state index in [1.165, 1.54) is 6.92 Å². The van der Waals surface area contributed by atoms with Crippen molar-refractivity contribution < 1.29 is 81.4 Å². The van der Waals surface area contributed by atoms with Crippen LogP contribution in [0.5, 0.6) is 0 Å². The molecule has 0 saturated heterocycles. The van der Waals surface area contributed by atoms with E-state index in [9.17, 15) is 9.59 Å². The first-order valence-corrected chi connectivity index (χ1v) is 2.10. The van der Waals surface area contributed by atoms with Crippen LogP contribution in [0.3, 0.4) is 0 Å². The van der Waals surface area contributed by atoms with Gasteiger partial charge in [0.05, 0.1) is 0 Å². The summed E-state index contributed by atoms with van der Waals surface area (Å²) in [4.78, 5) is 19.5. The largest absolute Gasteiger partial charge is 1.00 e. The molecule has 0 aromatic carbocycles. The molecule has 0 saturated carbocycles. The van der Waals surface area contributed by atoms with Gasteiger partial charge >= 0.3 is 71.2 Å². The summed E-state index contributed by atoms with van der Waals surface area (Å²) in [7, 11) is 0. The number of carboxylic acid groups (broad SMARTS) is 1. The van der Waals surface area contributed by atoms with Crippen molar-refractivity contribution in [3.63, 3.8) is 0 Å². The van der Waals surface area contributed by atoms with Crippen molar-refractivity contribution in [2.24, 2.45) is 0 Å². The van der Waals surface area contributed by atoms with Gasteiger partial charge in [0, 0.05) is 6.42 Å². The van der Waals surface area contributed by atoms with E-state index in [0.29, 0.717) is 0 Å². The second-order valence-corrected chi connectivity index (χ2v) is 1.09. The average Bonchev–Trinajstić information content (AvgIpc) is 1.65. The predicted molar refractivity (Wildman–Crippen MR) is 26.6 cm³/mol. The van der Waals surface area contributed by atoms with Gasteiger partial charge in [-0.2, -0.15) is 0 Å². The fraction of sp³-hybridized carbons (Fsp3) is 0.500. The van der Waals surface area contributed by atoms with Crippen LogP contribution >= 0.6 is 0 Å². The first-order valence-electron chi connectivity index (χ1n) is 2.10. The summed E-state index contributed by atoms with van der Waals surface area (Å²) in [6.45, 7) is 1.52. The summed E-state index contributed by atoms with van der Waals surface area (Å²) >= 11 is 0. The van der Waals surface area contributed by atoms with Crippen LogP contribution < -0.4 is 59.1 Å². The van der Waals surface area contributed by atoms with Crippen LogP contribution in [0.15, 0.2) is 0 Å². The van der Waals surface area contributed by atoms with Gasteiger partial charge in [-0.25, -0.2) is 4.79 Å². The van der Waals surface area contributed by atoms with Crippen LogP contribution in [0.4, 0.5) is 4.79 Å². The summed E-state index contributed by atoms with van der Waals surface area (Å²) < 4.78 is 3.68. The maximum atomic E-state index is 10.0. The number of hydrogen-bond acceptors (Lipinski definition) is 3. The first-order chi connectivity index (χ1) is 3.66. The topological polar surface area (TPSA) is 63.6 Å². The zero-order valence-electron chi connectivity index (χ0n) is 8.38. The molecule has 6 heteroatoms. The molecule has 0 aromatic heterocycles. The molecule has 4 nitrogen and oxygen atoms in total. The molecule has 0 aliphatic rings. The van der Waals surface area contributed by atoms with Gasteiger partial charge in [-0.15, -0.1) is 0 Å². The smallest absolute Gasteiger partial charge is 1.00 e. The van der Waals surface area contributed by atoms with Crippen molar-refractivity contribution in [2.45, 2.75) is 13.3 Å². The molecule has 0 spiro atoms. The quantitative estimate of drug-likeness (QED) is 0.240. The van der Waals surface area contributed by atoms with E-state index >= 15 is 0 Å². The van der Waals surface area contributed by atoms with Gasteiger partial charge in [0.15, 0.2) is 0 Å². The summed E-state index contributed by atoms with van der Waals surface area (Å²) in [5, 5.41) is 7.77. The number of esters is 1. The number of ether oxygens (including phenoxy) is 1. The zero-order chi connectivity index (χ0) is 6.57. The van der Waals surface area contributed by atoms with Crippen molar-refractivity contribution >= 4 is 12.1 Å². The summed E-state index contributed by atoms with van der Waals surface area (Å²) in [6.07, 6.45) is -1.45. The molecule has 0 amide bonds. The molecule has 0 aliphatic carbocycles. The molecule has 0 radical (unpaired) electrons. The Kier molecular flexibility index (Phi) is 17.0. The van der Waals surface area contributed by atoms with E-state index in [4.69, 9.17) is 5.11 Å². The van der Waals surface area contributed by atoms with Gasteiger partial charge in [-0.05, 0) is 0 Å². The van der Waals surface area contributed by atoms with Crippen molar-refractivity contribution in [3.05, 3.63) is 0 Å². The van der Waals surface area contributed by atoms with Crippen LogP contribution in [-0.2, 0) is 9.53 Å². The van der Waals surface area contributed by atoms with Gasteiger partial charge in [-0.1, -0.05) is 6.92 Å². The Morgan fingerprint density at radius 3 is 2.00 bits per heavy atom. The van der Waals surface area contributed by atoms with Crippen molar-refractivity contribution in [2.75, 3.05) is 0 Å². The molecule has 0 fully saturated rings. The Bertz CT molecular complexity index is 122. The van der Waals surface area contributed by atoms with E-state index in [1.807, 2.05) is 0 Å². The fourth-order valence-corrected chi connectivity index (χ4v) is 0.170. The molecule has 0 rings (SSSR count). The molecule has 1 N–H and O–H groups in total. The Morgan fingerprint density at radius 1 is 1.50 bits per heavy atom. The summed E-state index contributed by atoms with van der Waals surface area (Å²) in [6, 6.07) is 0. The summed E-state index contributed by atoms with van der Waals surface area (Å²) in [5.74, 6) is -0.725. The van der Waals surface area contributed by atoms with Gasteiger partial charge in [0.2, 0.25) is 0 Å². The van der Waals surface area contributed by atoms with Gasteiger partial charge in [0.1, 0.15) is 0 Å². The zero-order valence-corrected chi connectivity index (χ0v) is 10.4. The monoisotopic (exact) mass is 166 g/mol. The van der Waals surface area contributed by atoms with Gasteiger partial charge in [0.25, 0.3) is 0 Å². The molecule has 0 heterocycles. The second kappa shape index (κ2) is 9.94. The van der Waals surface area contributed by atoms with E-state index in [1.54, 1.807) is 0 Å². The molecular formula is C4H8Na2O4. The number of hydrogen-bond donors (Lipinski definition) is 1. The number of carbonyl (C=O) groups is 2. The van der Waals surface area contributed by atoms with E-state index < -0.39 is 12.1 Å². The maximum Gasteiger partial charge on any atom is 1.00 e. The van der Waals surface area contributed by atoms with Crippen LogP contribution in [-0.4, -0.2) is 17.2 Å². The van der Waals surface area contributed by atoms with E-state index in [2.05, 4.69) is 4.74 Å². The minimum Gasteiger partial charge on any atom is -1.00 e. The van der Waals surface area contributed by atoms with Gasteiger partial charge < -0.3 is 12.7 Å². The average molecular weight is 166 g/mol. The molecule has 0 atom stereocenters. The molecule has 10 heavy (non-hydrogen) atoms. The maximum absolute atomic E-state index is 10.0. The summed E-state index contributed by atoms with van der Waals surface area (Å²) in [5.41, 5.74) is 0. The van der Waals surface area contributed by atoms with Crippen molar-refractivity contribution in [1.29, 1.82) is 0 Å². The fourth-order valence-electron chi connectivity index (χ4n) is 0.170. The molecule has 0 aliphatic heterocycles. The Morgan fingerprint density at radius 2 is 1.90 bits per heavy atom. The standard InChI is InChI=1S/C4H6O4.2Na.2H/c1-2-3(5)8-4(6)7;;;;/h2H2,1H3,(H,6,7);;;;/q;2*+1;2*-1. The van der Waals surface area contributed by atoms with Crippen LogP contribution in [0, 0.1) is 0 Å². The minimum atomic E-state index is -1.54. The SMILES string of the molecule is CCC(=O)OC(=O)O.[H-].[H-].[Na+].[Na+]. The molecule has 0 bridgehead atoms. The Hall–Kier alpha value is 0.940. The number of rotatable bonds is 1. The third-order valence-electron chi connectivity index (χ3n) is 0.490. The number of carbonyl (C=O) groups excluding carboxylic acids is 1. The predicted octanol–water partition coefficient (Wildman–Crippen LogP) is -5.15. The minimum absolute atomic E-state index is 0. The third-order valence-corrected chi connectivity index (χ3v) is 0.490. The molecule has 0 aromatic rings. The van der Waals surface area contributed by atoms with Crippen LogP contribution in [0.2, 0.25) is 0 Å². The van der Waals surface area contributed by atoms with Crippen LogP contribution in [0.1, 0.15) is 16.2 Å². The van der Waals surface area contributed by atoms with Gasteiger partial charge in [-0.3, -0.25) is 4.79 Å².